The van der Waals surface area contributed by atoms with Crippen molar-refractivity contribution in [2.24, 2.45) is 0 Å². The van der Waals surface area contributed by atoms with Crippen molar-refractivity contribution in [2.75, 3.05) is 47.5 Å². The van der Waals surface area contributed by atoms with Crippen LogP contribution in [-0.4, -0.2) is 104 Å². The number of allylic oxidation sites excluding steroid dienone is 2. The Balaban J connectivity index is 4.52. The number of hydrogen-bond donors (Lipinski definition) is 3. The summed E-state index contributed by atoms with van der Waals surface area (Å²) in [6.45, 7) is 3.84. The van der Waals surface area contributed by atoms with Gasteiger partial charge >= 0.3 is 11.9 Å². The van der Waals surface area contributed by atoms with Crippen LogP contribution in [0.4, 0.5) is 0 Å². The van der Waals surface area contributed by atoms with Crippen LogP contribution in [0.5, 0.6) is 0 Å². The number of carbonyl (C=O) groups is 2. The summed E-state index contributed by atoms with van der Waals surface area (Å²) in [4.78, 5) is 37.5. The third-order valence-electron chi connectivity index (χ3n) is 9.71. The molecular formula is C44H84NO11P. The highest BCUT2D eigenvalue weighted by Crippen LogP contribution is 2.38. The van der Waals surface area contributed by atoms with Gasteiger partial charge in [0.25, 0.3) is 7.82 Å². The molecule has 0 saturated carbocycles. The van der Waals surface area contributed by atoms with E-state index in [0.717, 1.165) is 83.5 Å². The summed E-state index contributed by atoms with van der Waals surface area (Å²) >= 11 is 0. The summed E-state index contributed by atoms with van der Waals surface area (Å²) in [6, 6.07) is 0. The molecule has 336 valence electrons. The number of likely N-dealkylation sites (N-methyl/N-ethyl adjacent to an activating group) is 1. The molecule has 0 fully saturated rings. The molecule has 0 amide bonds. The van der Waals surface area contributed by atoms with E-state index < -0.39 is 50.8 Å². The Labute approximate surface area is 347 Å². The van der Waals surface area contributed by atoms with Gasteiger partial charge in [-0.1, -0.05) is 134 Å². The Kier molecular flexibility index (Phi) is 35.2. The smallest absolute Gasteiger partial charge is 0.306 e. The van der Waals surface area contributed by atoms with Crippen molar-refractivity contribution < 1.29 is 57.4 Å². The fraction of sp³-hybridized carbons (Fsp3) is 0.864. The molecule has 0 aliphatic heterocycles. The fourth-order valence-electron chi connectivity index (χ4n) is 5.99. The minimum atomic E-state index is -4.67. The molecule has 0 rings (SSSR count). The lowest BCUT2D eigenvalue weighted by molar-refractivity contribution is -0.870. The van der Waals surface area contributed by atoms with Crippen molar-refractivity contribution in [3.05, 3.63) is 24.3 Å². The molecule has 0 spiro atoms. The maximum atomic E-state index is 12.7. The summed E-state index contributed by atoms with van der Waals surface area (Å²) in [6.07, 6.45) is 27.0. The van der Waals surface area contributed by atoms with Crippen LogP contribution in [0.1, 0.15) is 174 Å². The molecule has 13 heteroatoms. The molecule has 0 aliphatic carbocycles. The lowest BCUT2D eigenvalue weighted by Gasteiger charge is -2.28. The monoisotopic (exact) mass is 834 g/mol. The number of ether oxygens (including phenoxy) is 2. The minimum absolute atomic E-state index is 0.0677. The Hall–Kier alpha value is -1.63. The first-order chi connectivity index (χ1) is 27.2. The van der Waals surface area contributed by atoms with E-state index in [0.29, 0.717) is 36.7 Å². The molecule has 0 aromatic rings. The average molecular weight is 834 g/mol. The highest BCUT2D eigenvalue weighted by molar-refractivity contribution is 7.45. The zero-order valence-electron chi connectivity index (χ0n) is 36.6. The number of phosphoric acid groups is 1. The fourth-order valence-corrected chi connectivity index (χ4v) is 6.72. The standard InChI is InChI=1S/C44H84NO11P/c1-6-8-10-11-12-13-14-15-16-17-18-19-20-23-27-31-43(49)53-37-40(38-55-57(51,52)54-36-35-45(3,4)5)56-44(50)32-28-24-21-22-26-29-39(46)33-34-42(48)41(47)30-25-9-7-2/h15-16,33-34,39-42,46-48H,6-14,17-32,35-38H2,1-5H3/b16-15-,34-33+. The van der Waals surface area contributed by atoms with E-state index in [-0.39, 0.29) is 26.1 Å². The Morgan fingerprint density at radius 2 is 1.16 bits per heavy atom. The molecule has 0 aromatic heterocycles. The van der Waals surface area contributed by atoms with Gasteiger partial charge < -0.3 is 43.2 Å². The second kappa shape index (κ2) is 36.2. The van der Waals surface area contributed by atoms with Crippen molar-refractivity contribution in [2.45, 2.75) is 199 Å². The van der Waals surface area contributed by atoms with Crippen LogP contribution in [-0.2, 0) is 32.7 Å². The lowest BCUT2D eigenvalue weighted by atomic mass is 10.0. The van der Waals surface area contributed by atoms with Gasteiger partial charge in [-0.2, -0.15) is 0 Å². The number of quaternary nitrogens is 1. The van der Waals surface area contributed by atoms with Crippen LogP contribution in [0.15, 0.2) is 24.3 Å². The van der Waals surface area contributed by atoms with Gasteiger partial charge in [0.15, 0.2) is 6.10 Å². The second-order valence-electron chi connectivity index (χ2n) is 16.5. The number of rotatable bonds is 40. The molecule has 57 heavy (non-hydrogen) atoms. The molecule has 5 atom stereocenters. The van der Waals surface area contributed by atoms with Crippen molar-refractivity contribution >= 4 is 19.8 Å². The van der Waals surface area contributed by atoms with Crippen molar-refractivity contribution in [1.29, 1.82) is 0 Å². The number of aliphatic hydroxyl groups is 3. The van der Waals surface area contributed by atoms with E-state index in [1.54, 1.807) is 0 Å². The van der Waals surface area contributed by atoms with Gasteiger partial charge in [-0.15, -0.1) is 0 Å². The van der Waals surface area contributed by atoms with Gasteiger partial charge in [0.2, 0.25) is 0 Å². The van der Waals surface area contributed by atoms with E-state index in [1.807, 2.05) is 21.1 Å². The maximum absolute atomic E-state index is 12.7. The summed E-state index contributed by atoms with van der Waals surface area (Å²) in [5.41, 5.74) is 0. The van der Waals surface area contributed by atoms with Crippen molar-refractivity contribution in [3.63, 3.8) is 0 Å². The summed E-state index contributed by atoms with van der Waals surface area (Å²) < 4.78 is 33.7. The molecule has 0 radical (unpaired) electrons. The molecule has 0 bridgehead atoms. The molecule has 0 saturated heterocycles. The van der Waals surface area contributed by atoms with Gasteiger partial charge in [-0.25, -0.2) is 0 Å². The SMILES string of the molecule is CCCCCCCC/C=C\CCCCCCCC(=O)OCC(COP(=O)([O-])OCC[N+](C)(C)C)OC(=O)CCCCCCCC(O)/C=C/C(O)C(O)CCCCC. The number of nitrogens with zero attached hydrogens (tertiary/aromatic N) is 1. The van der Waals surface area contributed by atoms with Gasteiger partial charge in [0.05, 0.1) is 46.1 Å². The van der Waals surface area contributed by atoms with Gasteiger partial charge in [-0.05, 0) is 51.4 Å². The van der Waals surface area contributed by atoms with Gasteiger partial charge in [0.1, 0.15) is 19.8 Å². The topological polar surface area (TPSA) is 172 Å². The first kappa shape index (κ1) is 55.4. The molecular weight excluding hydrogens is 749 g/mol. The summed E-state index contributed by atoms with van der Waals surface area (Å²) in [5.74, 6) is -0.977. The van der Waals surface area contributed by atoms with Crippen LogP contribution < -0.4 is 4.89 Å². The number of carbonyl (C=O) groups excluding carboxylic acids is 2. The molecule has 5 unspecified atom stereocenters. The first-order valence-electron chi connectivity index (χ1n) is 22.3. The van der Waals surface area contributed by atoms with Gasteiger partial charge in [0, 0.05) is 12.8 Å². The van der Waals surface area contributed by atoms with Crippen molar-refractivity contribution in [1.82, 2.24) is 0 Å². The zero-order valence-corrected chi connectivity index (χ0v) is 37.5. The largest absolute Gasteiger partial charge is 0.756 e. The maximum Gasteiger partial charge on any atom is 0.306 e. The average Bonchev–Trinajstić information content (AvgIpc) is 3.15. The number of hydrogen-bond acceptors (Lipinski definition) is 11. The molecule has 12 nitrogen and oxygen atoms in total. The Morgan fingerprint density at radius 3 is 1.75 bits per heavy atom. The van der Waals surface area contributed by atoms with E-state index >= 15 is 0 Å². The molecule has 3 N–H and O–H groups in total. The van der Waals surface area contributed by atoms with Crippen LogP contribution in [0.2, 0.25) is 0 Å². The predicted octanol–water partition coefficient (Wildman–Crippen LogP) is 8.64. The lowest BCUT2D eigenvalue weighted by Crippen LogP contribution is -2.37. The Morgan fingerprint density at radius 1 is 0.649 bits per heavy atom. The van der Waals surface area contributed by atoms with Crippen LogP contribution in [0, 0.1) is 0 Å². The van der Waals surface area contributed by atoms with Crippen LogP contribution in [0.3, 0.4) is 0 Å². The van der Waals surface area contributed by atoms with Crippen LogP contribution in [0.25, 0.3) is 0 Å². The normalized spacial score (nSPS) is 15.5. The van der Waals surface area contributed by atoms with E-state index in [9.17, 15) is 34.4 Å². The number of esters is 2. The number of unbranched alkanes of at least 4 members (excludes halogenated alkanes) is 17. The molecule has 0 heterocycles. The number of aliphatic hydroxyl groups excluding tert-OH is 3. The third kappa shape index (κ3) is 38.3. The number of phosphoric ester groups is 1. The molecule has 0 aliphatic rings. The minimum Gasteiger partial charge on any atom is -0.756 e. The van der Waals surface area contributed by atoms with E-state index in [4.69, 9.17) is 18.5 Å². The highest BCUT2D eigenvalue weighted by atomic mass is 31.2. The highest BCUT2D eigenvalue weighted by Gasteiger charge is 2.22. The summed E-state index contributed by atoms with van der Waals surface area (Å²) in [5, 5.41) is 30.3. The quantitative estimate of drug-likeness (QED) is 0.0177. The summed E-state index contributed by atoms with van der Waals surface area (Å²) in [7, 11) is 1.04. The Bertz CT molecular complexity index is 1080. The second-order valence-corrected chi connectivity index (χ2v) is 17.9. The van der Waals surface area contributed by atoms with Gasteiger partial charge in [-0.3, -0.25) is 14.2 Å². The van der Waals surface area contributed by atoms with E-state index in [2.05, 4.69) is 26.0 Å². The predicted molar refractivity (Wildman–Crippen MR) is 226 cm³/mol. The van der Waals surface area contributed by atoms with Crippen LogP contribution >= 0.6 is 7.82 Å². The molecule has 0 aromatic carbocycles. The van der Waals surface area contributed by atoms with Crippen molar-refractivity contribution in [3.8, 4) is 0 Å². The first-order valence-corrected chi connectivity index (χ1v) is 23.8. The van der Waals surface area contributed by atoms with E-state index in [1.165, 1.54) is 50.7 Å². The zero-order chi connectivity index (χ0) is 42.6. The third-order valence-corrected chi connectivity index (χ3v) is 10.7.